The molecular weight excluding hydrogens is 306 g/mol. The number of nitrogens with two attached hydrogens (primary N) is 1. The van der Waals surface area contributed by atoms with E-state index in [0.29, 0.717) is 38.0 Å². The molecule has 1 aromatic heterocycles. The van der Waals surface area contributed by atoms with Crippen molar-refractivity contribution in [1.29, 1.82) is 0 Å². The fraction of sp³-hybridized carbons (Fsp3) is 0.667. The number of aryl methyl sites for hydroxylation is 1. The number of piperidine rings is 1. The van der Waals surface area contributed by atoms with Gasteiger partial charge in [-0.25, -0.2) is 9.78 Å². The van der Waals surface area contributed by atoms with E-state index in [-0.39, 0.29) is 6.09 Å². The molecule has 6 heteroatoms. The number of ether oxygens (including phenoxy) is 2. The van der Waals surface area contributed by atoms with Crippen molar-refractivity contribution < 1.29 is 14.3 Å². The highest BCUT2D eigenvalue weighted by atomic mass is 16.6. The van der Waals surface area contributed by atoms with E-state index in [9.17, 15) is 4.79 Å². The largest absolute Gasteiger partial charge is 0.477 e. The Labute approximate surface area is 144 Å². The summed E-state index contributed by atoms with van der Waals surface area (Å²) >= 11 is 0. The van der Waals surface area contributed by atoms with E-state index < -0.39 is 5.60 Å². The zero-order chi connectivity index (χ0) is 17.7. The topological polar surface area (TPSA) is 77.7 Å². The number of nitrogens with zero attached hydrogens (tertiary/aromatic N) is 2. The minimum absolute atomic E-state index is 0.229. The fourth-order valence-corrected chi connectivity index (χ4v) is 2.65. The van der Waals surface area contributed by atoms with Crippen LogP contribution in [0, 0.1) is 12.8 Å². The molecule has 1 aliphatic rings. The molecule has 2 heterocycles. The summed E-state index contributed by atoms with van der Waals surface area (Å²) in [7, 11) is 0. The van der Waals surface area contributed by atoms with Gasteiger partial charge in [0.1, 0.15) is 5.60 Å². The lowest BCUT2D eigenvalue weighted by Crippen LogP contribution is -2.42. The summed E-state index contributed by atoms with van der Waals surface area (Å²) in [5, 5.41) is 0. The quantitative estimate of drug-likeness (QED) is 0.915. The highest BCUT2D eigenvalue weighted by Crippen LogP contribution is 2.22. The number of hydrogen-bond donors (Lipinski definition) is 1. The molecule has 6 nitrogen and oxygen atoms in total. The average molecular weight is 335 g/mol. The van der Waals surface area contributed by atoms with Gasteiger partial charge in [0.25, 0.3) is 0 Å². The Kier molecular flexibility index (Phi) is 6.04. The van der Waals surface area contributed by atoms with E-state index in [1.54, 1.807) is 4.90 Å². The molecule has 0 saturated carbocycles. The van der Waals surface area contributed by atoms with E-state index >= 15 is 0 Å². The van der Waals surface area contributed by atoms with Crippen LogP contribution in [-0.4, -0.2) is 41.3 Å². The fourth-order valence-electron chi connectivity index (χ4n) is 2.65. The average Bonchev–Trinajstić information content (AvgIpc) is 2.52. The van der Waals surface area contributed by atoms with Crippen molar-refractivity contribution in [1.82, 2.24) is 9.88 Å². The first-order valence-electron chi connectivity index (χ1n) is 8.56. The summed E-state index contributed by atoms with van der Waals surface area (Å²) in [5.41, 5.74) is 7.12. The highest BCUT2D eigenvalue weighted by molar-refractivity contribution is 5.68. The van der Waals surface area contributed by atoms with Crippen LogP contribution in [0.15, 0.2) is 12.1 Å². The van der Waals surface area contributed by atoms with Gasteiger partial charge in [0.2, 0.25) is 5.88 Å². The Morgan fingerprint density at radius 2 is 2.00 bits per heavy atom. The molecule has 1 aromatic rings. The SMILES string of the molecule is Cc1ccc(CN)c(OCC2CCN(C(=O)OC(C)(C)C)CC2)n1. The Morgan fingerprint density at radius 1 is 1.33 bits per heavy atom. The third kappa shape index (κ3) is 5.37. The number of aromatic nitrogens is 1. The van der Waals surface area contributed by atoms with Crippen LogP contribution in [-0.2, 0) is 11.3 Å². The van der Waals surface area contributed by atoms with Gasteiger partial charge in [0.05, 0.1) is 6.61 Å². The molecule has 0 unspecified atom stereocenters. The summed E-state index contributed by atoms with van der Waals surface area (Å²) in [4.78, 5) is 18.3. The molecule has 0 spiro atoms. The van der Waals surface area contributed by atoms with E-state index in [4.69, 9.17) is 15.2 Å². The van der Waals surface area contributed by atoms with E-state index in [1.807, 2.05) is 39.8 Å². The van der Waals surface area contributed by atoms with Crippen LogP contribution in [0.25, 0.3) is 0 Å². The third-order valence-electron chi connectivity index (χ3n) is 4.02. The lowest BCUT2D eigenvalue weighted by Gasteiger charge is -2.33. The van der Waals surface area contributed by atoms with Gasteiger partial charge in [-0.15, -0.1) is 0 Å². The first-order valence-corrected chi connectivity index (χ1v) is 8.56. The van der Waals surface area contributed by atoms with E-state index in [0.717, 1.165) is 24.1 Å². The predicted octanol–water partition coefficient (Wildman–Crippen LogP) is 2.87. The second-order valence-electron chi connectivity index (χ2n) is 7.34. The van der Waals surface area contributed by atoms with Crippen molar-refractivity contribution in [3.63, 3.8) is 0 Å². The van der Waals surface area contributed by atoms with Crippen LogP contribution in [0.5, 0.6) is 5.88 Å². The molecule has 0 aromatic carbocycles. The van der Waals surface area contributed by atoms with Gasteiger partial charge in [-0.1, -0.05) is 6.07 Å². The molecule has 0 bridgehead atoms. The number of rotatable bonds is 4. The van der Waals surface area contributed by atoms with Crippen LogP contribution >= 0.6 is 0 Å². The van der Waals surface area contributed by atoms with Crippen LogP contribution in [0.1, 0.15) is 44.9 Å². The molecule has 0 atom stereocenters. The molecule has 24 heavy (non-hydrogen) atoms. The smallest absolute Gasteiger partial charge is 0.410 e. The van der Waals surface area contributed by atoms with Crippen LogP contribution in [0.3, 0.4) is 0 Å². The summed E-state index contributed by atoms with van der Waals surface area (Å²) in [6, 6.07) is 3.90. The number of hydrogen-bond acceptors (Lipinski definition) is 5. The first kappa shape index (κ1) is 18.5. The molecular formula is C18H29N3O3. The zero-order valence-electron chi connectivity index (χ0n) is 15.2. The zero-order valence-corrected chi connectivity index (χ0v) is 15.2. The van der Waals surface area contributed by atoms with Gasteiger partial charge >= 0.3 is 6.09 Å². The van der Waals surface area contributed by atoms with E-state index in [1.165, 1.54) is 0 Å². The summed E-state index contributed by atoms with van der Waals surface area (Å²) < 4.78 is 11.3. The number of pyridine rings is 1. The Bertz CT molecular complexity index is 561. The van der Waals surface area contributed by atoms with Crippen molar-refractivity contribution in [3.05, 3.63) is 23.4 Å². The second-order valence-corrected chi connectivity index (χ2v) is 7.34. The van der Waals surface area contributed by atoms with Crippen molar-refractivity contribution in [2.75, 3.05) is 19.7 Å². The molecule has 1 fully saturated rings. The van der Waals surface area contributed by atoms with Crippen molar-refractivity contribution in [2.24, 2.45) is 11.7 Å². The van der Waals surface area contributed by atoms with Crippen LogP contribution in [0.4, 0.5) is 4.79 Å². The van der Waals surface area contributed by atoms with Gasteiger partial charge in [0, 0.05) is 30.9 Å². The number of amides is 1. The van der Waals surface area contributed by atoms with Crippen molar-refractivity contribution in [2.45, 2.75) is 52.7 Å². The van der Waals surface area contributed by atoms with Crippen molar-refractivity contribution in [3.8, 4) is 5.88 Å². The molecule has 0 radical (unpaired) electrons. The lowest BCUT2D eigenvalue weighted by molar-refractivity contribution is 0.0164. The molecule has 0 aliphatic carbocycles. The Morgan fingerprint density at radius 3 is 2.58 bits per heavy atom. The van der Waals surface area contributed by atoms with Crippen molar-refractivity contribution >= 4 is 6.09 Å². The highest BCUT2D eigenvalue weighted by Gasteiger charge is 2.27. The number of carbonyl (C=O) groups excluding carboxylic acids is 1. The number of likely N-dealkylation sites (tertiary alicyclic amines) is 1. The van der Waals surface area contributed by atoms with Crippen LogP contribution < -0.4 is 10.5 Å². The van der Waals surface area contributed by atoms with Gasteiger partial charge in [0.15, 0.2) is 0 Å². The molecule has 2 rings (SSSR count). The maximum Gasteiger partial charge on any atom is 0.410 e. The molecule has 1 aliphatic heterocycles. The van der Waals surface area contributed by atoms with Gasteiger partial charge < -0.3 is 20.1 Å². The van der Waals surface area contributed by atoms with Gasteiger partial charge in [-0.05, 0) is 52.5 Å². The molecule has 134 valence electrons. The third-order valence-corrected chi connectivity index (χ3v) is 4.02. The summed E-state index contributed by atoms with van der Waals surface area (Å²) in [5.74, 6) is 1.05. The lowest BCUT2D eigenvalue weighted by atomic mass is 9.98. The van der Waals surface area contributed by atoms with Crippen LogP contribution in [0.2, 0.25) is 0 Å². The number of carbonyl (C=O) groups is 1. The van der Waals surface area contributed by atoms with Gasteiger partial charge in [-0.2, -0.15) is 0 Å². The molecule has 2 N–H and O–H groups in total. The predicted molar refractivity (Wildman–Crippen MR) is 92.9 cm³/mol. The molecule has 1 saturated heterocycles. The van der Waals surface area contributed by atoms with E-state index in [2.05, 4.69) is 4.98 Å². The standard InChI is InChI=1S/C18H29N3O3/c1-13-5-6-15(11-19)16(20-13)23-12-14-7-9-21(10-8-14)17(22)24-18(2,3)4/h5-6,14H,7-12,19H2,1-4H3. The monoisotopic (exact) mass is 335 g/mol. The first-order chi connectivity index (χ1) is 11.3. The second kappa shape index (κ2) is 7.83. The minimum Gasteiger partial charge on any atom is -0.477 e. The minimum atomic E-state index is -0.452. The summed E-state index contributed by atoms with van der Waals surface area (Å²) in [6.45, 7) is 10.0. The Hall–Kier alpha value is -1.82. The Balaban J connectivity index is 1.81. The summed E-state index contributed by atoms with van der Waals surface area (Å²) in [6.07, 6.45) is 1.58. The molecule has 1 amide bonds. The van der Waals surface area contributed by atoms with Gasteiger partial charge in [-0.3, -0.25) is 0 Å². The maximum atomic E-state index is 12.1. The normalized spacial score (nSPS) is 16.1. The maximum absolute atomic E-state index is 12.1.